The first-order chi connectivity index (χ1) is 11.2. The van der Waals surface area contributed by atoms with Crippen molar-refractivity contribution in [2.75, 3.05) is 19.7 Å². The lowest BCUT2D eigenvalue weighted by Crippen LogP contribution is -2.21. The van der Waals surface area contributed by atoms with Gasteiger partial charge in [0.25, 0.3) is 0 Å². The fourth-order valence-electron chi connectivity index (χ4n) is 2.24. The Morgan fingerprint density at radius 1 is 1.04 bits per heavy atom. The maximum Gasteiger partial charge on any atom is 0.140 e. The first-order valence-electron chi connectivity index (χ1n) is 7.69. The molecule has 0 saturated heterocycles. The molecule has 2 aromatic rings. The molecule has 0 amide bonds. The lowest BCUT2D eigenvalue weighted by atomic mass is 10.1. The van der Waals surface area contributed by atoms with Gasteiger partial charge in [0.05, 0.1) is 5.02 Å². The average Bonchev–Trinajstić information content (AvgIpc) is 2.57. The van der Waals surface area contributed by atoms with Crippen molar-refractivity contribution >= 4 is 23.2 Å². The number of hydrogen-bond acceptors (Lipinski definition) is 3. The third-order valence-corrected chi connectivity index (χ3v) is 3.98. The van der Waals surface area contributed by atoms with Gasteiger partial charge in [-0.1, -0.05) is 53.5 Å². The van der Waals surface area contributed by atoms with Crippen LogP contribution in [0.1, 0.15) is 24.5 Å². The topological polar surface area (TPSA) is 41.5 Å². The summed E-state index contributed by atoms with van der Waals surface area (Å²) in [6.07, 6.45) is 1.42. The molecule has 0 fully saturated rings. The molecule has 5 heteroatoms. The van der Waals surface area contributed by atoms with E-state index in [4.69, 9.17) is 33.0 Å². The van der Waals surface area contributed by atoms with Gasteiger partial charge in [-0.2, -0.15) is 0 Å². The van der Waals surface area contributed by atoms with E-state index in [2.05, 4.69) is 5.32 Å². The van der Waals surface area contributed by atoms with Crippen LogP contribution in [0.2, 0.25) is 10.0 Å². The summed E-state index contributed by atoms with van der Waals surface area (Å²) in [7, 11) is 0. The molecule has 0 spiro atoms. The number of aliphatic hydroxyl groups is 1. The van der Waals surface area contributed by atoms with Crippen molar-refractivity contribution in [1.29, 1.82) is 0 Å². The molecule has 2 aromatic carbocycles. The fourth-order valence-corrected chi connectivity index (χ4v) is 2.57. The molecule has 23 heavy (non-hydrogen) atoms. The molecular weight excluding hydrogens is 333 g/mol. The van der Waals surface area contributed by atoms with E-state index >= 15 is 0 Å². The summed E-state index contributed by atoms with van der Waals surface area (Å²) >= 11 is 12.2. The summed E-state index contributed by atoms with van der Waals surface area (Å²) in [4.78, 5) is 0. The largest absolute Gasteiger partial charge is 0.484 e. The van der Waals surface area contributed by atoms with Crippen LogP contribution in [0.25, 0.3) is 0 Å². The van der Waals surface area contributed by atoms with Gasteiger partial charge >= 0.3 is 0 Å². The molecule has 0 aliphatic carbocycles. The molecule has 0 aliphatic rings. The molecule has 0 saturated carbocycles. The molecule has 3 nitrogen and oxygen atoms in total. The van der Waals surface area contributed by atoms with E-state index in [1.54, 1.807) is 18.2 Å². The van der Waals surface area contributed by atoms with E-state index in [0.29, 0.717) is 15.8 Å². The van der Waals surface area contributed by atoms with E-state index in [1.807, 2.05) is 30.3 Å². The number of ether oxygens (including phenoxy) is 1. The van der Waals surface area contributed by atoms with Gasteiger partial charge in [-0.05, 0) is 37.2 Å². The van der Waals surface area contributed by atoms with Crippen LogP contribution in [0.15, 0.2) is 48.5 Å². The maximum absolute atomic E-state index is 8.81. The van der Waals surface area contributed by atoms with E-state index < -0.39 is 0 Å². The van der Waals surface area contributed by atoms with Crippen molar-refractivity contribution < 1.29 is 9.84 Å². The number of rotatable bonds is 9. The lowest BCUT2D eigenvalue weighted by Gasteiger charge is -2.21. The summed E-state index contributed by atoms with van der Waals surface area (Å²) in [6.45, 7) is 1.78. The molecule has 0 aromatic heterocycles. The van der Waals surface area contributed by atoms with Crippen molar-refractivity contribution in [1.82, 2.24) is 5.32 Å². The van der Waals surface area contributed by atoms with Crippen LogP contribution in [0.4, 0.5) is 0 Å². The Balaban J connectivity index is 2.05. The van der Waals surface area contributed by atoms with Gasteiger partial charge in [0.1, 0.15) is 11.9 Å². The minimum Gasteiger partial charge on any atom is -0.484 e. The molecule has 0 radical (unpaired) electrons. The van der Waals surface area contributed by atoms with E-state index in [0.717, 1.165) is 31.5 Å². The Labute approximate surface area is 147 Å². The number of nitrogens with one attached hydrogen (secondary N) is 1. The van der Waals surface area contributed by atoms with Crippen LogP contribution < -0.4 is 10.1 Å². The zero-order valence-electron chi connectivity index (χ0n) is 12.8. The fraction of sp³-hybridized carbons (Fsp3) is 0.333. The van der Waals surface area contributed by atoms with Crippen molar-refractivity contribution in [2.24, 2.45) is 0 Å². The third kappa shape index (κ3) is 6.04. The standard InChI is InChI=1S/C18H21Cl2NO2/c19-15-7-8-16(20)18(13-15)23-17(9-11-21-10-4-12-22)14-5-2-1-3-6-14/h1-3,5-8,13,17,21-22H,4,9-12H2/t17-/m1/s1. The van der Waals surface area contributed by atoms with Gasteiger partial charge in [0.2, 0.25) is 0 Å². The van der Waals surface area contributed by atoms with Gasteiger partial charge in [-0.3, -0.25) is 0 Å². The van der Waals surface area contributed by atoms with Crippen LogP contribution in [-0.4, -0.2) is 24.8 Å². The van der Waals surface area contributed by atoms with E-state index in [-0.39, 0.29) is 12.7 Å². The third-order valence-electron chi connectivity index (χ3n) is 3.43. The Kier molecular flexibility index (Phi) is 7.69. The zero-order chi connectivity index (χ0) is 16.5. The van der Waals surface area contributed by atoms with Gasteiger partial charge in [-0.15, -0.1) is 0 Å². The minimum absolute atomic E-state index is 0.117. The average molecular weight is 354 g/mol. The summed E-state index contributed by atoms with van der Waals surface area (Å²) < 4.78 is 6.11. The SMILES string of the molecule is OCCCNCC[C@@H](Oc1cc(Cl)ccc1Cl)c1ccccc1. The summed E-state index contributed by atoms with van der Waals surface area (Å²) in [5.74, 6) is 0.586. The smallest absolute Gasteiger partial charge is 0.140 e. The molecule has 2 rings (SSSR count). The Hall–Kier alpha value is -1.26. The molecule has 1 atom stereocenters. The quantitative estimate of drug-likeness (QED) is 0.653. The van der Waals surface area contributed by atoms with E-state index in [9.17, 15) is 0 Å². The second kappa shape index (κ2) is 9.78. The van der Waals surface area contributed by atoms with Gasteiger partial charge < -0.3 is 15.2 Å². The van der Waals surface area contributed by atoms with Crippen LogP contribution >= 0.6 is 23.2 Å². The molecular formula is C18H21Cl2NO2. The van der Waals surface area contributed by atoms with Crippen molar-refractivity contribution in [3.63, 3.8) is 0 Å². The van der Waals surface area contributed by atoms with Crippen molar-refractivity contribution in [2.45, 2.75) is 18.9 Å². The van der Waals surface area contributed by atoms with Gasteiger partial charge in [0.15, 0.2) is 0 Å². The summed E-state index contributed by atoms with van der Waals surface area (Å²) in [5.41, 5.74) is 1.09. The predicted octanol–water partition coefficient (Wildman–Crippen LogP) is 4.48. The van der Waals surface area contributed by atoms with Crippen molar-refractivity contribution in [3.05, 3.63) is 64.1 Å². The Bertz CT molecular complexity index is 593. The second-order valence-electron chi connectivity index (χ2n) is 5.21. The normalized spacial score (nSPS) is 12.1. The number of benzene rings is 2. The van der Waals surface area contributed by atoms with Gasteiger partial charge in [0, 0.05) is 24.1 Å². The second-order valence-corrected chi connectivity index (χ2v) is 6.05. The van der Waals surface area contributed by atoms with Crippen LogP contribution in [-0.2, 0) is 0 Å². The highest BCUT2D eigenvalue weighted by molar-refractivity contribution is 6.34. The molecule has 0 unspecified atom stereocenters. The van der Waals surface area contributed by atoms with Crippen LogP contribution in [0.5, 0.6) is 5.75 Å². The first kappa shape index (κ1) is 18.1. The lowest BCUT2D eigenvalue weighted by molar-refractivity contribution is 0.193. The van der Waals surface area contributed by atoms with E-state index in [1.165, 1.54) is 0 Å². The first-order valence-corrected chi connectivity index (χ1v) is 8.44. The molecule has 0 bridgehead atoms. The Morgan fingerprint density at radius 2 is 1.83 bits per heavy atom. The monoisotopic (exact) mass is 353 g/mol. The molecule has 2 N–H and O–H groups in total. The molecule has 0 heterocycles. The summed E-state index contributed by atoms with van der Waals surface area (Å²) in [6, 6.07) is 15.2. The Morgan fingerprint density at radius 3 is 2.57 bits per heavy atom. The van der Waals surface area contributed by atoms with Gasteiger partial charge in [-0.25, -0.2) is 0 Å². The predicted molar refractivity (Wildman–Crippen MR) is 95.5 cm³/mol. The van der Waals surface area contributed by atoms with Crippen LogP contribution in [0, 0.1) is 0 Å². The van der Waals surface area contributed by atoms with Crippen LogP contribution in [0.3, 0.4) is 0 Å². The van der Waals surface area contributed by atoms with Crippen molar-refractivity contribution in [3.8, 4) is 5.75 Å². The highest BCUT2D eigenvalue weighted by atomic mass is 35.5. The number of aliphatic hydroxyl groups excluding tert-OH is 1. The maximum atomic E-state index is 8.81. The molecule has 124 valence electrons. The zero-order valence-corrected chi connectivity index (χ0v) is 14.4. The number of hydrogen-bond donors (Lipinski definition) is 2. The summed E-state index contributed by atoms with van der Waals surface area (Å²) in [5, 5.41) is 13.3. The minimum atomic E-state index is -0.117. The number of halogens is 2. The highest BCUT2D eigenvalue weighted by Crippen LogP contribution is 2.32. The molecule has 0 aliphatic heterocycles. The highest BCUT2D eigenvalue weighted by Gasteiger charge is 2.15.